The number of carbonyl (C=O) groups is 4. The lowest BCUT2D eigenvalue weighted by Gasteiger charge is -2.35. The van der Waals surface area contributed by atoms with Gasteiger partial charge in [-0.15, -0.1) is 0 Å². The number of nitrogens with one attached hydrogen (secondary N) is 2. The molecular weight excluding hydrogens is 407 g/mol. The molecule has 9 nitrogen and oxygen atoms in total. The number of fused-ring (bicyclic) bond motifs is 1. The number of benzene rings is 1. The van der Waals surface area contributed by atoms with E-state index in [-0.39, 0.29) is 48.2 Å². The molecule has 1 aromatic carbocycles. The summed E-state index contributed by atoms with van der Waals surface area (Å²) in [5.74, 6) is -2.84. The van der Waals surface area contributed by atoms with E-state index < -0.39 is 35.1 Å². The third kappa shape index (κ3) is 4.52. The highest BCUT2D eigenvalue weighted by molar-refractivity contribution is 6.45. The number of halogens is 1. The van der Waals surface area contributed by atoms with Gasteiger partial charge in [0, 0.05) is 44.8 Å². The van der Waals surface area contributed by atoms with Gasteiger partial charge in [0.15, 0.2) is 0 Å². The van der Waals surface area contributed by atoms with Crippen LogP contribution in [-0.2, 0) is 9.53 Å². The van der Waals surface area contributed by atoms with Crippen molar-refractivity contribution in [1.29, 1.82) is 0 Å². The second kappa shape index (κ2) is 8.37. The largest absolute Gasteiger partial charge is 0.444 e. The topological polar surface area (TPSA) is 112 Å². The van der Waals surface area contributed by atoms with Gasteiger partial charge in [-0.3, -0.25) is 14.4 Å². The van der Waals surface area contributed by atoms with Gasteiger partial charge < -0.3 is 24.8 Å². The molecule has 1 fully saturated rings. The van der Waals surface area contributed by atoms with Crippen LogP contribution in [0.4, 0.5) is 9.18 Å². The van der Waals surface area contributed by atoms with Crippen molar-refractivity contribution in [3.8, 4) is 0 Å². The predicted molar refractivity (Wildman–Crippen MR) is 110 cm³/mol. The number of amides is 3. The Labute approximate surface area is 178 Å². The maximum Gasteiger partial charge on any atom is 0.410 e. The lowest BCUT2D eigenvalue weighted by Crippen LogP contribution is -2.53. The maximum absolute atomic E-state index is 14.5. The van der Waals surface area contributed by atoms with Crippen LogP contribution in [0.15, 0.2) is 18.3 Å². The van der Waals surface area contributed by atoms with Gasteiger partial charge in [-0.05, 0) is 32.9 Å². The van der Waals surface area contributed by atoms with Gasteiger partial charge >= 0.3 is 6.09 Å². The number of carbonyl (C=O) groups excluding carboxylic acids is 4. The van der Waals surface area contributed by atoms with E-state index in [1.165, 1.54) is 29.1 Å². The molecule has 1 aliphatic heterocycles. The minimum Gasteiger partial charge on any atom is -0.444 e. The average Bonchev–Trinajstić information content (AvgIpc) is 3.17. The normalized spacial score (nSPS) is 14.5. The molecule has 0 bridgehead atoms. The Morgan fingerprint density at radius 3 is 2.23 bits per heavy atom. The third-order valence-corrected chi connectivity index (χ3v) is 4.91. The van der Waals surface area contributed by atoms with Crippen molar-refractivity contribution < 1.29 is 28.3 Å². The fraction of sp³-hybridized carbons (Fsp3) is 0.429. The minimum atomic E-state index is -0.884. The highest BCUT2D eigenvalue weighted by atomic mass is 19.1. The molecule has 2 N–H and O–H groups in total. The quantitative estimate of drug-likeness (QED) is 0.569. The van der Waals surface area contributed by atoms with E-state index in [0.29, 0.717) is 0 Å². The summed E-state index contributed by atoms with van der Waals surface area (Å²) in [6.07, 6.45) is 0.753. The number of hydrogen-bond donors (Lipinski definition) is 2. The highest BCUT2D eigenvalue weighted by Crippen LogP contribution is 2.26. The van der Waals surface area contributed by atoms with Crippen LogP contribution in [-0.4, -0.2) is 77.3 Å². The van der Waals surface area contributed by atoms with Gasteiger partial charge in [0.2, 0.25) is 0 Å². The van der Waals surface area contributed by atoms with Crippen molar-refractivity contribution in [3.63, 3.8) is 0 Å². The Hall–Kier alpha value is -3.43. The zero-order valence-electron chi connectivity index (χ0n) is 17.9. The fourth-order valence-electron chi connectivity index (χ4n) is 3.39. The molecular formula is C21H25FN4O5. The van der Waals surface area contributed by atoms with Crippen LogP contribution in [0.1, 0.15) is 41.5 Å². The number of ether oxygens (including phenoxy) is 1. The van der Waals surface area contributed by atoms with Gasteiger partial charge in [-0.25, -0.2) is 9.18 Å². The van der Waals surface area contributed by atoms with E-state index in [1.54, 1.807) is 20.8 Å². The van der Waals surface area contributed by atoms with Crippen molar-refractivity contribution in [2.24, 2.45) is 0 Å². The number of H-pyrrole nitrogens is 1. The Morgan fingerprint density at radius 1 is 1.03 bits per heavy atom. The van der Waals surface area contributed by atoms with E-state index in [4.69, 9.17) is 4.74 Å². The molecule has 0 saturated carbocycles. The number of hydrogen-bond acceptors (Lipinski definition) is 5. The van der Waals surface area contributed by atoms with Crippen molar-refractivity contribution in [3.05, 3.63) is 35.3 Å². The standard InChI is InChI=1S/C21H25FN4O5/c1-21(2,3)31-20(30)26-9-7-25(8-10-26)19(29)17(27)13-11-24-16-12(18(28)23-4)5-6-14(22)15(13)16/h5-6,11,24H,7-10H2,1-4H3,(H,23,28). The second-order valence-corrected chi connectivity index (χ2v) is 8.22. The maximum atomic E-state index is 14.5. The van der Waals surface area contributed by atoms with Gasteiger partial charge in [-0.2, -0.15) is 0 Å². The molecule has 0 atom stereocenters. The van der Waals surface area contributed by atoms with Crippen LogP contribution in [0, 0.1) is 5.82 Å². The molecule has 166 valence electrons. The van der Waals surface area contributed by atoms with Crippen LogP contribution < -0.4 is 5.32 Å². The number of ketones is 1. The molecule has 3 rings (SSSR count). The first-order chi connectivity index (χ1) is 14.5. The molecule has 0 aliphatic carbocycles. The minimum absolute atomic E-state index is 0.105. The van der Waals surface area contributed by atoms with Crippen LogP contribution in [0.2, 0.25) is 0 Å². The van der Waals surface area contributed by atoms with Crippen LogP contribution in [0.3, 0.4) is 0 Å². The average molecular weight is 432 g/mol. The number of piperazine rings is 1. The zero-order valence-corrected chi connectivity index (χ0v) is 17.9. The van der Waals surface area contributed by atoms with E-state index in [2.05, 4.69) is 10.3 Å². The molecule has 2 heterocycles. The molecule has 31 heavy (non-hydrogen) atoms. The molecule has 3 amide bonds. The van der Waals surface area contributed by atoms with Gasteiger partial charge in [-0.1, -0.05) is 0 Å². The lowest BCUT2D eigenvalue weighted by atomic mass is 10.0. The van der Waals surface area contributed by atoms with Gasteiger partial charge in [0.1, 0.15) is 11.4 Å². The summed E-state index contributed by atoms with van der Waals surface area (Å²) < 4.78 is 19.8. The monoisotopic (exact) mass is 432 g/mol. The predicted octanol–water partition coefficient (Wildman–Crippen LogP) is 1.93. The fourth-order valence-corrected chi connectivity index (χ4v) is 3.39. The molecule has 0 unspecified atom stereocenters. The Kier molecular flexibility index (Phi) is 6.01. The first-order valence-corrected chi connectivity index (χ1v) is 9.86. The van der Waals surface area contributed by atoms with E-state index in [1.807, 2.05) is 0 Å². The summed E-state index contributed by atoms with van der Waals surface area (Å²) in [7, 11) is 1.44. The summed E-state index contributed by atoms with van der Waals surface area (Å²) in [6, 6.07) is 2.39. The van der Waals surface area contributed by atoms with Crippen LogP contribution in [0.5, 0.6) is 0 Å². The molecule has 1 aliphatic rings. The third-order valence-electron chi connectivity index (χ3n) is 4.91. The van der Waals surface area contributed by atoms with E-state index >= 15 is 0 Å². The zero-order chi connectivity index (χ0) is 22.9. The Bertz CT molecular complexity index is 1050. The number of aromatic nitrogens is 1. The van der Waals surface area contributed by atoms with E-state index in [9.17, 15) is 23.6 Å². The first kappa shape index (κ1) is 22.3. The molecule has 0 radical (unpaired) electrons. The van der Waals surface area contributed by atoms with Crippen LogP contribution >= 0.6 is 0 Å². The first-order valence-electron chi connectivity index (χ1n) is 9.86. The highest BCUT2D eigenvalue weighted by Gasteiger charge is 2.32. The molecule has 2 aromatic rings. The number of Topliss-reactive ketones (excluding diaryl/α,β-unsaturated/α-hetero) is 1. The summed E-state index contributed by atoms with van der Waals surface area (Å²) in [5.41, 5.74) is -0.466. The van der Waals surface area contributed by atoms with Gasteiger partial charge in [0.05, 0.1) is 16.6 Å². The van der Waals surface area contributed by atoms with Crippen LogP contribution in [0.25, 0.3) is 10.9 Å². The lowest BCUT2D eigenvalue weighted by molar-refractivity contribution is -0.128. The Morgan fingerprint density at radius 2 is 1.65 bits per heavy atom. The summed E-state index contributed by atoms with van der Waals surface area (Å²) in [6.45, 7) is 6.03. The number of aromatic amines is 1. The summed E-state index contributed by atoms with van der Waals surface area (Å²) in [4.78, 5) is 55.3. The second-order valence-electron chi connectivity index (χ2n) is 8.22. The van der Waals surface area contributed by atoms with E-state index in [0.717, 1.165) is 6.07 Å². The van der Waals surface area contributed by atoms with Crippen molar-refractivity contribution in [2.45, 2.75) is 26.4 Å². The van der Waals surface area contributed by atoms with Gasteiger partial charge in [0.25, 0.3) is 17.6 Å². The molecule has 1 aromatic heterocycles. The number of rotatable bonds is 3. The smallest absolute Gasteiger partial charge is 0.410 e. The summed E-state index contributed by atoms with van der Waals surface area (Å²) >= 11 is 0. The SMILES string of the molecule is CNC(=O)c1ccc(F)c2c(C(=O)C(=O)N3CCN(C(=O)OC(C)(C)C)CC3)c[nH]c12. The van der Waals surface area contributed by atoms with Crippen molar-refractivity contribution in [2.75, 3.05) is 33.2 Å². The summed E-state index contributed by atoms with van der Waals surface area (Å²) in [5, 5.41) is 2.34. The molecule has 1 saturated heterocycles. The number of nitrogens with zero attached hydrogens (tertiary/aromatic N) is 2. The molecule has 0 spiro atoms. The Balaban J connectivity index is 1.76. The van der Waals surface area contributed by atoms with Crippen molar-refractivity contribution in [1.82, 2.24) is 20.1 Å². The van der Waals surface area contributed by atoms with Crippen molar-refractivity contribution >= 4 is 34.6 Å². The molecule has 10 heteroatoms.